The summed E-state index contributed by atoms with van der Waals surface area (Å²) in [5, 5.41) is 14.8. The Kier molecular flexibility index (Phi) is 4.66. The summed E-state index contributed by atoms with van der Waals surface area (Å²) < 4.78 is 14.7. The minimum absolute atomic E-state index is 0.0939. The molecule has 6 heteroatoms. The van der Waals surface area contributed by atoms with E-state index in [0.717, 1.165) is 18.5 Å². The van der Waals surface area contributed by atoms with E-state index in [9.17, 15) is 14.3 Å². The van der Waals surface area contributed by atoms with Gasteiger partial charge >= 0.3 is 0 Å². The predicted molar refractivity (Wildman–Crippen MR) is 88.0 cm³/mol. The fraction of sp³-hybridized carbons (Fsp3) is 0.444. The summed E-state index contributed by atoms with van der Waals surface area (Å²) in [4.78, 5) is 14.7. The molecule has 1 saturated carbocycles. The highest BCUT2D eigenvalue weighted by Gasteiger charge is 2.35. The molecule has 1 atom stereocenters. The number of carbonyl (C=O) groups excluding carboxylic acids is 1. The quantitative estimate of drug-likeness (QED) is 0.884. The Labute approximate surface area is 140 Å². The highest BCUT2D eigenvalue weighted by atomic mass is 19.1. The predicted octanol–water partition coefficient (Wildman–Crippen LogP) is 2.46. The highest BCUT2D eigenvalue weighted by Crippen LogP contribution is 2.31. The lowest BCUT2D eigenvalue weighted by Crippen LogP contribution is -2.37. The lowest BCUT2D eigenvalue weighted by molar-refractivity contribution is 0.0602. The van der Waals surface area contributed by atoms with E-state index >= 15 is 0 Å². The molecule has 0 spiro atoms. The van der Waals surface area contributed by atoms with E-state index in [0.29, 0.717) is 17.5 Å². The van der Waals surface area contributed by atoms with Gasteiger partial charge in [-0.25, -0.2) is 4.39 Å². The molecule has 1 amide bonds. The van der Waals surface area contributed by atoms with E-state index in [1.165, 1.54) is 12.1 Å². The van der Waals surface area contributed by atoms with Gasteiger partial charge in [0.05, 0.1) is 23.9 Å². The largest absolute Gasteiger partial charge is 0.387 e. The first-order valence-corrected chi connectivity index (χ1v) is 8.26. The van der Waals surface area contributed by atoms with Crippen molar-refractivity contribution in [3.63, 3.8) is 0 Å². The number of rotatable bonds is 6. The van der Waals surface area contributed by atoms with Crippen LogP contribution in [0.5, 0.6) is 0 Å². The number of carbonyl (C=O) groups is 1. The number of benzene rings is 1. The lowest BCUT2D eigenvalue weighted by atomic mass is 10.1. The summed E-state index contributed by atoms with van der Waals surface area (Å²) in [5.74, 6) is -0.437. The number of hydrogen-bond donors (Lipinski definition) is 1. The van der Waals surface area contributed by atoms with Crippen molar-refractivity contribution in [3.05, 3.63) is 53.1 Å². The van der Waals surface area contributed by atoms with Gasteiger partial charge in [0.2, 0.25) is 0 Å². The van der Waals surface area contributed by atoms with Crippen LogP contribution in [0.25, 0.3) is 0 Å². The van der Waals surface area contributed by atoms with Crippen molar-refractivity contribution in [2.75, 3.05) is 6.54 Å². The Hall–Kier alpha value is -2.21. The van der Waals surface area contributed by atoms with E-state index < -0.39 is 6.10 Å². The number of nitrogens with zero attached hydrogens (tertiary/aromatic N) is 3. The van der Waals surface area contributed by atoms with Gasteiger partial charge in [-0.05, 0) is 37.0 Å². The van der Waals surface area contributed by atoms with Gasteiger partial charge in [0.15, 0.2) is 0 Å². The number of aliphatic hydroxyl groups excluding tert-OH is 1. The molecule has 1 unspecified atom stereocenters. The summed E-state index contributed by atoms with van der Waals surface area (Å²) in [7, 11) is 1.80. The van der Waals surface area contributed by atoms with E-state index in [4.69, 9.17) is 0 Å². The molecule has 1 fully saturated rings. The molecule has 1 heterocycles. The minimum Gasteiger partial charge on any atom is -0.387 e. The Bertz CT molecular complexity index is 722. The summed E-state index contributed by atoms with van der Waals surface area (Å²) >= 11 is 0. The number of aryl methyl sites for hydroxylation is 2. The molecule has 1 aromatic carbocycles. The molecular weight excluding hydrogens is 309 g/mol. The SMILES string of the molecule is CCc1nn(C)cc1C(=O)N(CC(O)c1ccc(F)cc1)C1CC1. The molecule has 1 aliphatic rings. The smallest absolute Gasteiger partial charge is 0.257 e. The lowest BCUT2D eigenvalue weighted by Gasteiger charge is -2.25. The molecule has 0 saturated heterocycles. The Balaban J connectivity index is 1.79. The van der Waals surface area contributed by atoms with Crippen LogP contribution in [0.4, 0.5) is 4.39 Å². The number of hydrogen-bond acceptors (Lipinski definition) is 3. The average molecular weight is 331 g/mol. The van der Waals surface area contributed by atoms with Crippen molar-refractivity contribution in [2.24, 2.45) is 7.05 Å². The van der Waals surface area contributed by atoms with Gasteiger partial charge in [-0.15, -0.1) is 0 Å². The van der Waals surface area contributed by atoms with E-state index in [1.54, 1.807) is 35.0 Å². The summed E-state index contributed by atoms with van der Waals surface area (Å²) in [6.07, 6.45) is 3.48. The van der Waals surface area contributed by atoms with Crippen LogP contribution in [0.1, 0.15) is 47.5 Å². The second kappa shape index (κ2) is 6.73. The van der Waals surface area contributed by atoms with Crippen LogP contribution in [0, 0.1) is 5.82 Å². The number of halogens is 1. The third-order valence-electron chi connectivity index (χ3n) is 4.34. The van der Waals surface area contributed by atoms with Crippen LogP contribution in [-0.2, 0) is 13.5 Å². The maximum absolute atomic E-state index is 13.0. The van der Waals surface area contributed by atoms with Crippen molar-refractivity contribution in [3.8, 4) is 0 Å². The first-order valence-electron chi connectivity index (χ1n) is 8.26. The first-order chi connectivity index (χ1) is 11.5. The van der Waals surface area contributed by atoms with Crippen LogP contribution < -0.4 is 0 Å². The second-order valence-electron chi connectivity index (χ2n) is 6.27. The Morgan fingerprint density at radius 2 is 2.08 bits per heavy atom. The van der Waals surface area contributed by atoms with Crippen LogP contribution >= 0.6 is 0 Å². The fourth-order valence-electron chi connectivity index (χ4n) is 2.89. The summed E-state index contributed by atoms with van der Waals surface area (Å²) in [5.41, 5.74) is 1.97. The zero-order chi connectivity index (χ0) is 17.3. The van der Waals surface area contributed by atoms with Crippen LogP contribution in [0.2, 0.25) is 0 Å². The zero-order valence-electron chi connectivity index (χ0n) is 13.9. The summed E-state index contributed by atoms with van der Waals surface area (Å²) in [6, 6.07) is 5.90. The fourth-order valence-corrected chi connectivity index (χ4v) is 2.89. The molecule has 1 N–H and O–H groups in total. The molecule has 5 nitrogen and oxygen atoms in total. The average Bonchev–Trinajstić information content (AvgIpc) is 3.34. The van der Waals surface area contributed by atoms with E-state index in [1.807, 2.05) is 6.92 Å². The van der Waals surface area contributed by atoms with Crippen molar-refractivity contribution >= 4 is 5.91 Å². The van der Waals surface area contributed by atoms with Crippen molar-refractivity contribution in [1.82, 2.24) is 14.7 Å². The third-order valence-corrected chi connectivity index (χ3v) is 4.34. The minimum atomic E-state index is -0.836. The standard InChI is InChI=1S/C18H22FN3O2/c1-3-16-15(10-21(2)20-16)18(24)22(14-8-9-14)11-17(23)12-4-6-13(19)7-5-12/h4-7,10,14,17,23H,3,8-9,11H2,1-2H3. The van der Waals surface area contributed by atoms with E-state index in [-0.39, 0.29) is 24.3 Å². The molecule has 0 aliphatic heterocycles. The van der Waals surface area contributed by atoms with Gasteiger partial charge in [-0.1, -0.05) is 19.1 Å². The molecular formula is C18H22FN3O2. The number of aromatic nitrogens is 2. The van der Waals surface area contributed by atoms with E-state index in [2.05, 4.69) is 5.10 Å². The van der Waals surface area contributed by atoms with Gasteiger partial charge in [0, 0.05) is 19.3 Å². The van der Waals surface area contributed by atoms with Crippen LogP contribution in [0.3, 0.4) is 0 Å². The first kappa shape index (κ1) is 16.6. The van der Waals surface area contributed by atoms with Crippen molar-refractivity contribution in [2.45, 2.75) is 38.3 Å². The molecule has 0 bridgehead atoms. The molecule has 0 radical (unpaired) electrons. The normalized spacial score (nSPS) is 15.3. The number of amides is 1. The zero-order valence-corrected chi connectivity index (χ0v) is 13.9. The van der Waals surface area contributed by atoms with Gasteiger partial charge in [-0.2, -0.15) is 5.10 Å². The van der Waals surface area contributed by atoms with Gasteiger partial charge < -0.3 is 10.0 Å². The van der Waals surface area contributed by atoms with Crippen molar-refractivity contribution < 1.29 is 14.3 Å². The molecule has 128 valence electrons. The molecule has 1 aliphatic carbocycles. The monoisotopic (exact) mass is 331 g/mol. The van der Waals surface area contributed by atoms with Gasteiger partial charge in [0.25, 0.3) is 5.91 Å². The maximum atomic E-state index is 13.0. The van der Waals surface area contributed by atoms with Crippen LogP contribution in [-0.4, -0.2) is 38.3 Å². The maximum Gasteiger partial charge on any atom is 0.257 e. The number of aliphatic hydroxyl groups is 1. The van der Waals surface area contributed by atoms with Crippen LogP contribution in [0.15, 0.2) is 30.5 Å². The van der Waals surface area contributed by atoms with Gasteiger partial charge in [-0.3, -0.25) is 9.48 Å². The Morgan fingerprint density at radius 3 is 2.67 bits per heavy atom. The molecule has 24 heavy (non-hydrogen) atoms. The molecule has 3 rings (SSSR count). The highest BCUT2D eigenvalue weighted by molar-refractivity contribution is 5.95. The molecule has 1 aromatic heterocycles. The topological polar surface area (TPSA) is 58.4 Å². The summed E-state index contributed by atoms with van der Waals surface area (Å²) in [6.45, 7) is 2.17. The second-order valence-corrected chi connectivity index (χ2v) is 6.27. The van der Waals surface area contributed by atoms with Crippen molar-refractivity contribution in [1.29, 1.82) is 0 Å². The Morgan fingerprint density at radius 1 is 1.42 bits per heavy atom. The van der Waals surface area contributed by atoms with Gasteiger partial charge in [0.1, 0.15) is 5.82 Å². The third kappa shape index (κ3) is 3.48. The molecule has 2 aromatic rings.